The van der Waals surface area contributed by atoms with Crippen LogP contribution in [-0.4, -0.2) is 27.5 Å². The van der Waals surface area contributed by atoms with E-state index in [1.54, 1.807) is 0 Å². The van der Waals surface area contributed by atoms with E-state index in [2.05, 4.69) is 45.4 Å². The van der Waals surface area contributed by atoms with Crippen LogP contribution in [0.15, 0.2) is 36.5 Å². The second-order valence-corrected chi connectivity index (χ2v) is 7.20. The first-order chi connectivity index (χ1) is 11.8. The number of carbonyl (C=O) groups excluding carboxylic acids is 1. The number of H-pyrrole nitrogens is 1. The molecule has 1 aromatic carbocycles. The lowest BCUT2D eigenvalue weighted by atomic mass is 9.78. The Morgan fingerprint density at radius 3 is 2.71 bits per heavy atom. The SMILES string of the molecule is O=C(C1CCC(c2ccccc2)CC1)N1CCCc2[nH]ncc2C1. The number of nitrogens with one attached hydrogen (secondary N) is 1. The molecule has 2 aromatic rings. The topological polar surface area (TPSA) is 49.0 Å². The zero-order chi connectivity index (χ0) is 16.4. The Morgan fingerprint density at radius 1 is 1.12 bits per heavy atom. The smallest absolute Gasteiger partial charge is 0.225 e. The van der Waals surface area contributed by atoms with Crippen LogP contribution in [0.5, 0.6) is 0 Å². The van der Waals surface area contributed by atoms with Crippen LogP contribution >= 0.6 is 0 Å². The number of fused-ring (bicyclic) bond motifs is 1. The molecule has 2 heterocycles. The second kappa shape index (κ2) is 6.80. The van der Waals surface area contributed by atoms with E-state index in [-0.39, 0.29) is 5.92 Å². The number of rotatable bonds is 2. The maximum Gasteiger partial charge on any atom is 0.225 e. The fourth-order valence-electron chi connectivity index (χ4n) is 4.27. The molecule has 1 saturated carbocycles. The fraction of sp³-hybridized carbons (Fsp3) is 0.500. The van der Waals surface area contributed by atoms with Crippen LogP contribution in [0.3, 0.4) is 0 Å². The molecule has 126 valence electrons. The molecular formula is C20H25N3O. The van der Waals surface area contributed by atoms with Crippen molar-refractivity contribution in [2.24, 2.45) is 5.92 Å². The molecule has 0 saturated heterocycles. The third kappa shape index (κ3) is 3.10. The predicted octanol–water partition coefficient (Wildman–Crippen LogP) is 3.66. The summed E-state index contributed by atoms with van der Waals surface area (Å²) in [5, 5.41) is 7.20. The van der Waals surface area contributed by atoms with Gasteiger partial charge in [0.2, 0.25) is 5.91 Å². The van der Waals surface area contributed by atoms with Gasteiger partial charge in [0.05, 0.1) is 6.20 Å². The molecule has 24 heavy (non-hydrogen) atoms. The quantitative estimate of drug-likeness (QED) is 0.917. The Hall–Kier alpha value is -2.10. The number of carbonyl (C=O) groups is 1. The van der Waals surface area contributed by atoms with Crippen LogP contribution in [0.4, 0.5) is 0 Å². The Morgan fingerprint density at radius 2 is 1.92 bits per heavy atom. The van der Waals surface area contributed by atoms with Crippen molar-refractivity contribution in [2.75, 3.05) is 6.54 Å². The first-order valence-electron chi connectivity index (χ1n) is 9.16. The maximum absolute atomic E-state index is 13.0. The van der Waals surface area contributed by atoms with E-state index >= 15 is 0 Å². The normalized spacial score (nSPS) is 24.2. The lowest BCUT2D eigenvalue weighted by Crippen LogP contribution is -2.37. The first kappa shape index (κ1) is 15.4. The van der Waals surface area contributed by atoms with Crippen molar-refractivity contribution in [1.82, 2.24) is 15.1 Å². The molecular weight excluding hydrogens is 298 g/mol. The molecule has 1 aromatic heterocycles. The zero-order valence-corrected chi connectivity index (χ0v) is 14.1. The lowest BCUT2D eigenvalue weighted by Gasteiger charge is -2.32. The third-order valence-corrected chi connectivity index (χ3v) is 5.68. The highest BCUT2D eigenvalue weighted by molar-refractivity contribution is 5.79. The molecule has 1 aliphatic carbocycles. The average Bonchev–Trinajstić information content (AvgIpc) is 2.99. The van der Waals surface area contributed by atoms with Crippen molar-refractivity contribution >= 4 is 5.91 Å². The van der Waals surface area contributed by atoms with Gasteiger partial charge >= 0.3 is 0 Å². The van der Waals surface area contributed by atoms with Gasteiger partial charge in [-0.3, -0.25) is 9.89 Å². The van der Waals surface area contributed by atoms with Crippen LogP contribution in [0.2, 0.25) is 0 Å². The van der Waals surface area contributed by atoms with E-state index < -0.39 is 0 Å². The molecule has 0 radical (unpaired) electrons. The van der Waals surface area contributed by atoms with Gasteiger partial charge in [-0.2, -0.15) is 5.10 Å². The van der Waals surface area contributed by atoms with Crippen molar-refractivity contribution < 1.29 is 4.79 Å². The monoisotopic (exact) mass is 323 g/mol. The predicted molar refractivity (Wildman–Crippen MR) is 93.5 cm³/mol. The number of hydrogen-bond donors (Lipinski definition) is 1. The van der Waals surface area contributed by atoms with Gasteiger partial charge in [0.1, 0.15) is 0 Å². The molecule has 0 spiro atoms. The zero-order valence-electron chi connectivity index (χ0n) is 14.1. The first-order valence-corrected chi connectivity index (χ1v) is 9.16. The molecule has 4 heteroatoms. The van der Waals surface area contributed by atoms with Crippen molar-refractivity contribution in [3.8, 4) is 0 Å². The number of nitrogens with zero attached hydrogens (tertiary/aromatic N) is 2. The summed E-state index contributed by atoms with van der Waals surface area (Å²) in [5.74, 6) is 1.19. The summed E-state index contributed by atoms with van der Waals surface area (Å²) < 4.78 is 0. The van der Waals surface area contributed by atoms with Gasteiger partial charge in [0, 0.05) is 30.3 Å². The molecule has 0 atom stereocenters. The summed E-state index contributed by atoms with van der Waals surface area (Å²) in [5.41, 5.74) is 3.83. The maximum atomic E-state index is 13.0. The fourth-order valence-corrected chi connectivity index (χ4v) is 4.27. The highest BCUT2D eigenvalue weighted by Gasteiger charge is 2.31. The Balaban J connectivity index is 1.38. The summed E-state index contributed by atoms with van der Waals surface area (Å²) in [6.45, 7) is 1.60. The lowest BCUT2D eigenvalue weighted by molar-refractivity contribution is -0.137. The largest absolute Gasteiger partial charge is 0.338 e. The Labute approximate surface area is 143 Å². The number of benzene rings is 1. The van der Waals surface area contributed by atoms with Gasteiger partial charge in [-0.25, -0.2) is 0 Å². The summed E-state index contributed by atoms with van der Waals surface area (Å²) in [6, 6.07) is 10.8. The van der Waals surface area contributed by atoms with Crippen LogP contribution < -0.4 is 0 Å². The van der Waals surface area contributed by atoms with Crippen molar-refractivity contribution in [1.29, 1.82) is 0 Å². The number of hydrogen-bond acceptors (Lipinski definition) is 2. The molecule has 4 rings (SSSR count). The van der Waals surface area contributed by atoms with Gasteiger partial charge < -0.3 is 4.90 Å². The van der Waals surface area contributed by atoms with Crippen LogP contribution in [0.25, 0.3) is 0 Å². The molecule has 0 unspecified atom stereocenters. The minimum atomic E-state index is 0.207. The number of amides is 1. The molecule has 2 aliphatic rings. The summed E-state index contributed by atoms with van der Waals surface area (Å²) >= 11 is 0. The van der Waals surface area contributed by atoms with Crippen molar-refractivity contribution in [3.05, 3.63) is 53.3 Å². The minimum Gasteiger partial charge on any atom is -0.338 e. The highest BCUT2D eigenvalue weighted by atomic mass is 16.2. The van der Waals surface area contributed by atoms with Crippen LogP contribution in [0, 0.1) is 5.92 Å². The molecule has 1 amide bonds. The molecule has 0 bridgehead atoms. The van der Waals surface area contributed by atoms with E-state index in [1.807, 2.05) is 6.20 Å². The summed E-state index contributed by atoms with van der Waals surface area (Å²) in [4.78, 5) is 15.0. The van der Waals surface area contributed by atoms with Crippen molar-refractivity contribution in [2.45, 2.75) is 51.0 Å². The van der Waals surface area contributed by atoms with Gasteiger partial charge in [-0.15, -0.1) is 0 Å². The molecule has 1 aliphatic heterocycles. The third-order valence-electron chi connectivity index (χ3n) is 5.68. The summed E-state index contributed by atoms with van der Waals surface area (Å²) in [6.07, 6.45) is 8.21. The van der Waals surface area contributed by atoms with E-state index in [0.717, 1.165) is 51.6 Å². The second-order valence-electron chi connectivity index (χ2n) is 7.20. The van der Waals surface area contributed by atoms with E-state index in [4.69, 9.17) is 0 Å². The number of aryl methyl sites for hydroxylation is 1. The van der Waals surface area contributed by atoms with E-state index in [0.29, 0.717) is 11.8 Å². The van der Waals surface area contributed by atoms with Gasteiger partial charge in [-0.05, 0) is 50.0 Å². The van der Waals surface area contributed by atoms with Gasteiger partial charge in [0.15, 0.2) is 0 Å². The highest BCUT2D eigenvalue weighted by Crippen LogP contribution is 2.36. The molecule has 4 nitrogen and oxygen atoms in total. The summed E-state index contributed by atoms with van der Waals surface area (Å²) in [7, 11) is 0. The minimum absolute atomic E-state index is 0.207. The number of aromatic amines is 1. The van der Waals surface area contributed by atoms with Gasteiger partial charge in [-0.1, -0.05) is 30.3 Å². The van der Waals surface area contributed by atoms with E-state index in [1.165, 1.54) is 16.8 Å². The molecule has 1 N–H and O–H groups in total. The van der Waals surface area contributed by atoms with Crippen LogP contribution in [-0.2, 0) is 17.8 Å². The van der Waals surface area contributed by atoms with Gasteiger partial charge in [0.25, 0.3) is 0 Å². The van der Waals surface area contributed by atoms with E-state index in [9.17, 15) is 4.79 Å². The van der Waals surface area contributed by atoms with Crippen LogP contribution in [0.1, 0.15) is 54.8 Å². The Bertz CT molecular complexity index is 686. The standard InChI is InChI=1S/C20H25N3O/c24-20(23-12-4-7-19-18(14-23)13-21-22-19)17-10-8-16(9-11-17)15-5-2-1-3-6-15/h1-3,5-6,13,16-17H,4,7-12,14H2,(H,21,22). The number of aromatic nitrogens is 2. The Kier molecular flexibility index (Phi) is 4.37. The van der Waals surface area contributed by atoms with Crippen molar-refractivity contribution in [3.63, 3.8) is 0 Å². The molecule has 1 fully saturated rings. The average molecular weight is 323 g/mol.